The third-order valence-electron chi connectivity index (χ3n) is 1.90. The molecule has 1 aliphatic rings. The summed E-state index contributed by atoms with van der Waals surface area (Å²) in [6.07, 6.45) is 2.64. The highest BCUT2D eigenvalue weighted by Gasteiger charge is 2.16. The monoisotopic (exact) mass is 160 g/mol. The van der Waals surface area contributed by atoms with Crippen LogP contribution in [0.1, 0.15) is 18.9 Å². The van der Waals surface area contributed by atoms with Crippen LogP contribution in [-0.2, 0) is 0 Å². The number of aromatic nitrogens is 1. The summed E-state index contributed by atoms with van der Waals surface area (Å²) in [4.78, 5) is 8.49. The summed E-state index contributed by atoms with van der Waals surface area (Å²) in [6, 6.07) is 1.95. The molecule has 0 aromatic carbocycles. The van der Waals surface area contributed by atoms with Crippen molar-refractivity contribution in [2.75, 3.05) is 0 Å². The van der Waals surface area contributed by atoms with Crippen LogP contribution in [0, 0.1) is 6.92 Å². The zero-order valence-electron chi connectivity index (χ0n) is 7.20. The van der Waals surface area contributed by atoms with E-state index in [1.165, 1.54) is 0 Å². The van der Waals surface area contributed by atoms with E-state index in [9.17, 15) is 0 Å². The molecule has 0 bridgehead atoms. The zero-order chi connectivity index (χ0) is 8.55. The van der Waals surface area contributed by atoms with Gasteiger partial charge in [-0.05, 0) is 18.6 Å². The van der Waals surface area contributed by atoms with Gasteiger partial charge in [0.05, 0.1) is 0 Å². The van der Waals surface area contributed by atoms with Gasteiger partial charge in [-0.15, -0.1) is 0 Å². The number of hydrogen-bond acceptors (Lipinski definition) is 2. The Kier molecular flexibility index (Phi) is 1.57. The standard InChI is InChI=1S/C9H10N3/c1-3-7-11-8-6(2)4-5-10-9(8)12-7/h4-5H,3H2,1-2H3. The van der Waals surface area contributed by atoms with Gasteiger partial charge in [-0.1, -0.05) is 6.92 Å². The zero-order valence-corrected chi connectivity index (χ0v) is 7.20. The highest BCUT2D eigenvalue weighted by Crippen LogP contribution is 2.31. The SMILES string of the molecule is CCC1=Nc2c(C)ccnc2[N]1. The Morgan fingerprint density at radius 2 is 2.25 bits per heavy atom. The van der Waals surface area contributed by atoms with Gasteiger partial charge in [-0.25, -0.2) is 15.3 Å². The molecule has 1 aromatic rings. The Morgan fingerprint density at radius 1 is 1.42 bits per heavy atom. The Morgan fingerprint density at radius 3 is 2.92 bits per heavy atom. The van der Waals surface area contributed by atoms with Crippen LogP contribution < -0.4 is 5.32 Å². The molecule has 0 N–H and O–H groups in total. The van der Waals surface area contributed by atoms with Crippen molar-refractivity contribution in [2.45, 2.75) is 20.3 Å². The Balaban J connectivity index is 2.48. The van der Waals surface area contributed by atoms with Crippen LogP contribution in [0.5, 0.6) is 0 Å². The molecular formula is C9H10N3. The summed E-state index contributed by atoms with van der Waals surface area (Å²) >= 11 is 0. The average molecular weight is 160 g/mol. The van der Waals surface area contributed by atoms with Gasteiger partial charge in [0, 0.05) is 12.6 Å². The number of aryl methyl sites for hydroxylation is 1. The van der Waals surface area contributed by atoms with Crippen LogP contribution in [0.15, 0.2) is 17.3 Å². The van der Waals surface area contributed by atoms with E-state index < -0.39 is 0 Å². The van der Waals surface area contributed by atoms with E-state index in [1.54, 1.807) is 6.20 Å². The number of nitrogens with zero attached hydrogens (tertiary/aromatic N) is 3. The lowest BCUT2D eigenvalue weighted by atomic mass is 10.2. The molecule has 0 saturated carbocycles. The second-order valence-electron chi connectivity index (χ2n) is 2.79. The van der Waals surface area contributed by atoms with Crippen molar-refractivity contribution in [1.82, 2.24) is 10.3 Å². The van der Waals surface area contributed by atoms with Crippen LogP contribution in [0.4, 0.5) is 11.5 Å². The van der Waals surface area contributed by atoms with Gasteiger partial charge in [0.1, 0.15) is 11.5 Å². The summed E-state index contributed by atoms with van der Waals surface area (Å²) in [6.45, 7) is 4.07. The largest absolute Gasteiger partial charge is 0.235 e. The highest BCUT2D eigenvalue weighted by atomic mass is 15.1. The van der Waals surface area contributed by atoms with E-state index in [2.05, 4.69) is 15.3 Å². The first-order chi connectivity index (χ1) is 5.81. The summed E-state index contributed by atoms with van der Waals surface area (Å²) in [5.74, 6) is 1.65. The van der Waals surface area contributed by atoms with Gasteiger partial charge in [0.2, 0.25) is 0 Å². The van der Waals surface area contributed by atoms with Gasteiger partial charge in [0.25, 0.3) is 0 Å². The third-order valence-corrected chi connectivity index (χ3v) is 1.90. The van der Waals surface area contributed by atoms with Gasteiger partial charge < -0.3 is 0 Å². The minimum Gasteiger partial charge on any atom is -0.235 e. The van der Waals surface area contributed by atoms with Crippen molar-refractivity contribution in [3.63, 3.8) is 0 Å². The molecule has 1 radical (unpaired) electrons. The number of aliphatic imine (C=N–C) groups is 1. The normalized spacial score (nSPS) is 13.7. The number of hydrogen-bond donors (Lipinski definition) is 0. The summed E-state index contributed by atoms with van der Waals surface area (Å²) in [7, 11) is 0. The van der Waals surface area contributed by atoms with Crippen molar-refractivity contribution in [1.29, 1.82) is 0 Å². The van der Waals surface area contributed by atoms with Crippen LogP contribution in [0.2, 0.25) is 0 Å². The van der Waals surface area contributed by atoms with Crippen molar-refractivity contribution < 1.29 is 0 Å². The van der Waals surface area contributed by atoms with E-state index in [1.807, 2.05) is 19.9 Å². The number of amidine groups is 1. The maximum Gasteiger partial charge on any atom is 0.180 e. The summed E-state index contributed by atoms with van der Waals surface area (Å²) in [5, 5.41) is 4.27. The minimum atomic E-state index is 0.770. The second kappa shape index (κ2) is 2.59. The second-order valence-corrected chi connectivity index (χ2v) is 2.79. The van der Waals surface area contributed by atoms with Gasteiger partial charge >= 0.3 is 0 Å². The van der Waals surface area contributed by atoms with E-state index in [0.29, 0.717) is 0 Å². The van der Waals surface area contributed by atoms with E-state index >= 15 is 0 Å². The van der Waals surface area contributed by atoms with Crippen LogP contribution in [0.3, 0.4) is 0 Å². The molecule has 0 saturated heterocycles. The third kappa shape index (κ3) is 0.978. The van der Waals surface area contributed by atoms with E-state index in [4.69, 9.17) is 0 Å². The smallest absolute Gasteiger partial charge is 0.180 e. The maximum absolute atomic E-state index is 4.36. The molecule has 2 rings (SSSR count). The quantitative estimate of drug-likeness (QED) is 0.619. The molecule has 0 unspecified atom stereocenters. The van der Waals surface area contributed by atoms with E-state index in [0.717, 1.165) is 29.3 Å². The van der Waals surface area contributed by atoms with Gasteiger partial charge in [-0.3, -0.25) is 0 Å². The van der Waals surface area contributed by atoms with Crippen molar-refractivity contribution in [3.8, 4) is 0 Å². The minimum absolute atomic E-state index is 0.770. The summed E-state index contributed by atoms with van der Waals surface area (Å²) in [5.41, 5.74) is 2.08. The Hall–Kier alpha value is -1.38. The fourth-order valence-electron chi connectivity index (χ4n) is 1.19. The first-order valence-corrected chi connectivity index (χ1v) is 4.06. The fraction of sp³-hybridized carbons (Fsp3) is 0.333. The molecule has 0 amide bonds. The molecule has 61 valence electrons. The van der Waals surface area contributed by atoms with Crippen molar-refractivity contribution >= 4 is 17.3 Å². The first-order valence-electron chi connectivity index (χ1n) is 4.06. The molecule has 12 heavy (non-hydrogen) atoms. The number of rotatable bonds is 1. The van der Waals surface area contributed by atoms with Gasteiger partial charge in [-0.2, -0.15) is 0 Å². The Bertz CT molecular complexity index is 342. The van der Waals surface area contributed by atoms with Crippen LogP contribution in [0.25, 0.3) is 0 Å². The molecule has 0 atom stereocenters. The maximum atomic E-state index is 4.36. The van der Waals surface area contributed by atoms with Crippen molar-refractivity contribution in [2.24, 2.45) is 4.99 Å². The number of pyridine rings is 1. The molecule has 0 aliphatic carbocycles. The first kappa shape index (κ1) is 7.28. The molecule has 3 heteroatoms. The van der Waals surface area contributed by atoms with Crippen LogP contribution in [-0.4, -0.2) is 10.8 Å². The number of fused-ring (bicyclic) bond motifs is 1. The van der Waals surface area contributed by atoms with Gasteiger partial charge in [0.15, 0.2) is 5.82 Å². The lowest BCUT2D eigenvalue weighted by Crippen LogP contribution is -2.04. The van der Waals surface area contributed by atoms with Crippen LogP contribution >= 0.6 is 0 Å². The highest BCUT2D eigenvalue weighted by molar-refractivity contribution is 5.95. The summed E-state index contributed by atoms with van der Waals surface area (Å²) < 4.78 is 0. The molecule has 1 aromatic heterocycles. The molecule has 2 heterocycles. The molecular weight excluding hydrogens is 150 g/mol. The lowest BCUT2D eigenvalue weighted by molar-refractivity contribution is 1.12. The average Bonchev–Trinajstić information content (AvgIpc) is 2.49. The molecule has 1 aliphatic heterocycles. The topological polar surface area (TPSA) is 39.4 Å². The predicted octanol–water partition coefficient (Wildman–Crippen LogP) is 2.08. The molecule has 3 nitrogen and oxygen atoms in total. The lowest BCUT2D eigenvalue weighted by Gasteiger charge is -1.96. The predicted molar refractivity (Wildman–Crippen MR) is 48.2 cm³/mol. The van der Waals surface area contributed by atoms with E-state index in [-0.39, 0.29) is 0 Å². The Labute approximate surface area is 71.6 Å². The molecule has 0 spiro atoms. The molecule has 0 fully saturated rings. The van der Waals surface area contributed by atoms with Crippen molar-refractivity contribution in [3.05, 3.63) is 17.8 Å². The fourth-order valence-corrected chi connectivity index (χ4v) is 1.19.